The molecule has 1 N–H and O–H groups in total. The number of nitrogens with one attached hydrogen (secondary N) is 1. The molecule has 112 valence electrons. The molecule has 4 nitrogen and oxygen atoms in total. The highest BCUT2D eigenvalue weighted by molar-refractivity contribution is 5.95. The van der Waals surface area contributed by atoms with Crippen LogP contribution in [-0.4, -0.2) is 22.4 Å². The Kier molecular flexibility index (Phi) is 5.54. The highest BCUT2D eigenvalue weighted by Gasteiger charge is 2.28. The van der Waals surface area contributed by atoms with E-state index < -0.39 is 5.54 Å². The van der Waals surface area contributed by atoms with Gasteiger partial charge in [-0.05, 0) is 46.8 Å². The number of carbonyl (C=O) groups excluding carboxylic acids is 2. The van der Waals surface area contributed by atoms with E-state index in [-0.39, 0.29) is 18.2 Å². The topological polar surface area (TPSA) is 49.4 Å². The maximum atomic E-state index is 12.3. The number of hydrogen-bond donors (Lipinski definition) is 1. The molecule has 2 amide bonds. The van der Waals surface area contributed by atoms with Gasteiger partial charge in [-0.3, -0.25) is 15.0 Å². The highest BCUT2D eigenvalue weighted by Crippen LogP contribution is 2.13. The number of carbonyl (C=O) groups is 2. The zero-order valence-electron chi connectivity index (χ0n) is 13.3. The molecular weight excluding hydrogens is 264 g/mol. The van der Waals surface area contributed by atoms with E-state index in [0.29, 0.717) is 5.56 Å². The van der Waals surface area contributed by atoms with Crippen molar-refractivity contribution in [2.24, 2.45) is 0 Å². The van der Waals surface area contributed by atoms with Crippen LogP contribution in [0.25, 0.3) is 0 Å². The van der Waals surface area contributed by atoms with Gasteiger partial charge in [-0.25, -0.2) is 5.01 Å². The van der Waals surface area contributed by atoms with Gasteiger partial charge < -0.3 is 0 Å². The van der Waals surface area contributed by atoms with E-state index in [9.17, 15) is 9.59 Å². The molecule has 0 spiro atoms. The van der Waals surface area contributed by atoms with Crippen LogP contribution in [-0.2, 0) is 4.79 Å². The summed E-state index contributed by atoms with van der Waals surface area (Å²) in [5.41, 5.74) is 3.68. The predicted octanol–water partition coefficient (Wildman–Crippen LogP) is 2.68. The van der Waals surface area contributed by atoms with E-state index in [1.807, 2.05) is 39.8 Å². The van der Waals surface area contributed by atoms with Gasteiger partial charge in [-0.1, -0.05) is 23.6 Å². The van der Waals surface area contributed by atoms with Crippen molar-refractivity contribution in [3.63, 3.8) is 0 Å². The molecule has 0 aliphatic heterocycles. The summed E-state index contributed by atoms with van der Waals surface area (Å²) in [5, 5.41) is 1.35. The van der Waals surface area contributed by atoms with E-state index in [1.54, 1.807) is 19.1 Å². The first kappa shape index (κ1) is 16.8. The quantitative estimate of drug-likeness (QED) is 0.671. The van der Waals surface area contributed by atoms with Gasteiger partial charge in [0.25, 0.3) is 11.8 Å². The van der Waals surface area contributed by atoms with Crippen molar-refractivity contribution in [3.05, 3.63) is 35.4 Å². The third kappa shape index (κ3) is 4.96. The zero-order chi connectivity index (χ0) is 16.0. The minimum absolute atomic E-state index is 0.0852. The number of rotatable bonds is 2. The first-order valence-corrected chi connectivity index (χ1v) is 6.86. The van der Waals surface area contributed by atoms with Crippen LogP contribution < -0.4 is 5.43 Å². The Morgan fingerprint density at radius 1 is 1.29 bits per heavy atom. The molecule has 0 aliphatic carbocycles. The van der Waals surface area contributed by atoms with Gasteiger partial charge in [0, 0.05) is 5.56 Å². The lowest BCUT2D eigenvalue weighted by molar-refractivity contribution is -0.138. The standard InChI is InChI=1S/C17H22N2O2/c1-6-7-11-15(20)19(17(3,4)5)18-16(21)14-10-8-9-13(2)12-14/h8-10,12H,11H2,1-5H3,(H,18,21). The molecule has 0 heterocycles. The highest BCUT2D eigenvalue weighted by atomic mass is 16.2. The summed E-state index contributed by atoms with van der Waals surface area (Å²) < 4.78 is 0. The Labute approximate surface area is 126 Å². The lowest BCUT2D eigenvalue weighted by Crippen LogP contribution is -2.55. The van der Waals surface area contributed by atoms with Gasteiger partial charge in [0.15, 0.2) is 0 Å². The predicted molar refractivity (Wildman–Crippen MR) is 83.3 cm³/mol. The van der Waals surface area contributed by atoms with Crippen LogP contribution in [0.2, 0.25) is 0 Å². The molecule has 1 aromatic carbocycles. The number of hydrogen-bond acceptors (Lipinski definition) is 2. The Bertz CT molecular complexity index is 589. The van der Waals surface area contributed by atoms with Gasteiger partial charge >= 0.3 is 0 Å². The van der Waals surface area contributed by atoms with Crippen LogP contribution in [0.4, 0.5) is 0 Å². The molecule has 0 radical (unpaired) electrons. The summed E-state index contributed by atoms with van der Waals surface area (Å²) in [5.74, 6) is 4.89. The molecular formula is C17H22N2O2. The summed E-state index contributed by atoms with van der Waals surface area (Å²) in [6.07, 6.45) is 0.0852. The fourth-order valence-electron chi connectivity index (χ4n) is 1.80. The van der Waals surface area contributed by atoms with Gasteiger partial charge in [0.1, 0.15) is 0 Å². The molecule has 0 bridgehead atoms. The third-order valence-electron chi connectivity index (χ3n) is 2.83. The summed E-state index contributed by atoms with van der Waals surface area (Å²) in [4.78, 5) is 24.5. The molecule has 0 aliphatic rings. The van der Waals surface area contributed by atoms with Crippen molar-refractivity contribution in [1.29, 1.82) is 0 Å². The van der Waals surface area contributed by atoms with Crippen molar-refractivity contribution < 1.29 is 9.59 Å². The lowest BCUT2D eigenvalue weighted by atomic mass is 10.1. The number of nitrogens with zero attached hydrogens (tertiary/aromatic N) is 1. The molecule has 0 fully saturated rings. The number of aryl methyl sites for hydroxylation is 1. The molecule has 21 heavy (non-hydrogen) atoms. The fourth-order valence-corrected chi connectivity index (χ4v) is 1.80. The van der Waals surface area contributed by atoms with Crippen LogP contribution in [0, 0.1) is 18.8 Å². The van der Waals surface area contributed by atoms with Gasteiger partial charge in [0.2, 0.25) is 0 Å². The van der Waals surface area contributed by atoms with Gasteiger partial charge in [0.05, 0.1) is 12.0 Å². The van der Waals surface area contributed by atoms with Crippen molar-refractivity contribution >= 4 is 11.8 Å². The summed E-state index contributed by atoms with van der Waals surface area (Å²) in [6, 6.07) is 7.24. The summed E-state index contributed by atoms with van der Waals surface area (Å²) in [7, 11) is 0. The largest absolute Gasteiger partial charge is 0.272 e. The maximum absolute atomic E-state index is 12.3. The number of benzene rings is 1. The van der Waals surface area contributed by atoms with E-state index in [1.165, 1.54) is 5.01 Å². The molecule has 1 aromatic rings. The van der Waals surface area contributed by atoms with Crippen LogP contribution in [0.3, 0.4) is 0 Å². The monoisotopic (exact) mass is 286 g/mol. The zero-order valence-corrected chi connectivity index (χ0v) is 13.3. The second-order valence-corrected chi connectivity index (χ2v) is 5.81. The van der Waals surface area contributed by atoms with Gasteiger partial charge in [-0.2, -0.15) is 0 Å². The Hall–Kier alpha value is -2.28. The van der Waals surface area contributed by atoms with Crippen LogP contribution in [0.15, 0.2) is 24.3 Å². The minimum atomic E-state index is -0.522. The third-order valence-corrected chi connectivity index (χ3v) is 2.83. The molecule has 0 saturated carbocycles. The summed E-state index contributed by atoms with van der Waals surface area (Å²) in [6.45, 7) is 9.18. The van der Waals surface area contributed by atoms with Crippen molar-refractivity contribution in [1.82, 2.24) is 10.4 Å². The second kappa shape index (κ2) is 6.94. The van der Waals surface area contributed by atoms with Crippen molar-refractivity contribution in [2.45, 2.75) is 46.6 Å². The van der Waals surface area contributed by atoms with Crippen LogP contribution >= 0.6 is 0 Å². The molecule has 0 unspecified atom stereocenters. The Morgan fingerprint density at radius 3 is 2.48 bits per heavy atom. The normalized spacial score (nSPS) is 10.3. The van der Waals surface area contributed by atoms with Crippen LogP contribution in [0.1, 0.15) is 50.0 Å². The first-order chi connectivity index (χ1) is 9.75. The summed E-state index contributed by atoms with van der Waals surface area (Å²) >= 11 is 0. The molecule has 0 aromatic heterocycles. The molecule has 0 saturated heterocycles. The average molecular weight is 286 g/mol. The second-order valence-electron chi connectivity index (χ2n) is 5.81. The maximum Gasteiger partial charge on any atom is 0.269 e. The molecule has 4 heteroatoms. The first-order valence-electron chi connectivity index (χ1n) is 6.86. The minimum Gasteiger partial charge on any atom is -0.272 e. The van der Waals surface area contributed by atoms with Crippen molar-refractivity contribution in [3.8, 4) is 11.8 Å². The lowest BCUT2D eigenvalue weighted by Gasteiger charge is -2.35. The smallest absolute Gasteiger partial charge is 0.269 e. The van der Waals surface area contributed by atoms with E-state index >= 15 is 0 Å². The van der Waals surface area contributed by atoms with E-state index in [0.717, 1.165) is 5.56 Å². The molecule has 0 atom stereocenters. The fraction of sp³-hybridized carbons (Fsp3) is 0.412. The SMILES string of the molecule is CC#CCC(=O)N(NC(=O)c1cccc(C)c1)C(C)(C)C. The Morgan fingerprint density at radius 2 is 1.95 bits per heavy atom. The number of amides is 2. The molecule has 1 rings (SSSR count). The Balaban J connectivity index is 2.93. The average Bonchev–Trinajstić information content (AvgIpc) is 2.40. The number of hydrazine groups is 1. The van der Waals surface area contributed by atoms with Crippen molar-refractivity contribution in [2.75, 3.05) is 0 Å². The van der Waals surface area contributed by atoms with E-state index in [2.05, 4.69) is 17.3 Å². The van der Waals surface area contributed by atoms with E-state index in [4.69, 9.17) is 0 Å². The van der Waals surface area contributed by atoms with Crippen LogP contribution in [0.5, 0.6) is 0 Å². The van der Waals surface area contributed by atoms with Gasteiger partial charge in [-0.15, -0.1) is 5.92 Å².